The van der Waals surface area contributed by atoms with Crippen LogP contribution in [0.3, 0.4) is 0 Å². The fraction of sp³-hybridized carbons (Fsp3) is 0.0833. The zero-order chi connectivity index (χ0) is 22.5. The van der Waals surface area contributed by atoms with Crippen LogP contribution in [0, 0.1) is 11.3 Å². The van der Waals surface area contributed by atoms with Gasteiger partial charge in [-0.2, -0.15) is 5.26 Å². The predicted octanol–water partition coefficient (Wildman–Crippen LogP) is 4.51. The first kappa shape index (κ1) is 20.6. The molecule has 8 nitrogen and oxygen atoms in total. The third kappa shape index (κ3) is 4.27. The molecule has 1 amide bonds. The van der Waals surface area contributed by atoms with Gasteiger partial charge in [-0.1, -0.05) is 6.07 Å². The summed E-state index contributed by atoms with van der Waals surface area (Å²) in [5.74, 6) is 1.49. The molecule has 0 aliphatic carbocycles. The van der Waals surface area contributed by atoms with Crippen molar-refractivity contribution in [3.05, 3.63) is 78.1 Å². The molecule has 0 atom stereocenters. The predicted molar refractivity (Wildman–Crippen MR) is 121 cm³/mol. The first-order valence-electron chi connectivity index (χ1n) is 9.66. The van der Waals surface area contributed by atoms with Crippen molar-refractivity contribution in [1.29, 1.82) is 5.26 Å². The van der Waals surface area contributed by atoms with Gasteiger partial charge in [0.2, 0.25) is 0 Å². The van der Waals surface area contributed by atoms with Gasteiger partial charge >= 0.3 is 0 Å². The van der Waals surface area contributed by atoms with E-state index in [4.69, 9.17) is 14.7 Å². The second kappa shape index (κ2) is 9.02. The number of benzene rings is 3. The molecule has 0 spiro atoms. The summed E-state index contributed by atoms with van der Waals surface area (Å²) in [6, 6.07) is 19.4. The Morgan fingerprint density at radius 3 is 2.38 bits per heavy atom. The monoisotopic (exact) mass is 425 g/mol. The van der Waals surface area contributed by atoms with Crippen LogP contribution in [-0.2, 0) is 0 Å². The van der Waals surface area contributed by atoms with Crippen LogP contribution in [0.4, 0.5) is 17.2 Å². The zero-order valence-electron chi connectivity index (χ0n) is 17.4. The number of hydrogen-bond donors (Lipinski definition) is 2. The number of nitriles is 1. The highest BCUT2D eigenvalue weighted by Crippen LogP contribution is 2.34. The summed E-state index contributed by atoms with van der Waals surface area (Å²) < 4.78 is 10.7. The lowest BCUT2D eigenvalue weighted by atomic mass is 10.1. The SMILES string of the molecule is COc1cc2ncnc(Nc3ccc(NC(=O)c4cccc(C#N)c4)cc3)c2cc1OC. The average molecular weight is 425 g/mol. The molecule has 1 heterocycles. The molecule has 8 heteroatoms. The Kier molecular flexibility index (Phi) is 5.81. The Morgan fingerprint density at radius 2 is 1.66 bits per heavy atom. The summed E-state index contributed by atoms with van der Waals surface area (Å²) >= 11 is 0. The van der Waals surface area contributed by atoms with Crippen LogP contribution in [-0.4, -0.2) is 30.1 Å². The van der Waals surface area contributed by atoms with Gasteiger partial charge in [0.05, 0.1) is 31.4 Å². The maximum Gasteiger partial charge on any atom is 0.255 e. The van der Waals surface area contributed by atoms with Gasteiger partial charge in [0.15, 0.2) is 11.5 Å². The summed E-state index contributed by atoms with van der Waals surface area (Å²) in [5, 5.41) is 15.9. The van der Waals surface area contributed by atoms with Gasteiger partial charge in [-0.25, -0.2) is 9.97 Å². The lowest BCUT2D eigenvalue weighted by molar-refractivity contribution is 0.102. The number of fused-ring (bicyclic) bond motifs is 1. The van der Waals surface area contributed by atoms with E-state index in [1.54, 1.807) is 56.7 Å². The summed E-state index contributed by atoms with van der Waals surface area (Å²) in [7, 11) is 3.15. The number of carbonyl (C=O) groups excluding carboxylic acids is 1. The quantitative estimate of drug-likeness (QED) is 0.468. The summed E-state index contributed by atoms with van der Waals surface area (Å²) in [6.45, 7) is 0. The molecule has 0 bridgehead atoms. The molecule has 2 N–H and O–H groups in total. The van der Waals surface area contributed by atoms with E-state index in [1.165, 1.54) is 6.33 Å². The number of rotatable bonds is 6. The number of anilines is 3. The van der Waals surface area contributed by atoms with Crippen LogP contribution in [0.25, 0.3) is 10.9 Å². The van der Waals surface area contributed by atoms with Gasteiger partial charge in [-0.3, -0.25) is 4.79 Å². The van der Waals surface area contributed by atoms with Crippen LogP contribution in [0.15, 0.2) is 67.0 Å². The van der Waals surface area contributed by atoms with Gasteiger partial charge in [-0.15, -0.1) is 0 Å². The number of nitrogens with zero attached hydrogens (tertiary/aromatic N) is 3. The molecule has 4 rings (SSSR count). The Bertz CT molecular complexity index is 1330. The minimum absolute atomic E-state index is 0.286. The van der Waals surface area contributed by atoms with Crippen molar-refractivity contribution in [2.45, 2.75) is 0 Å². The number of carbonyl (C=O) groups is 1. The second-order valence-electron chi connectivity index (χ2n) is 6.80. The second-order valence-corrected chi connectivity index (χ2v) is 6.80. The van der Waals surface area contributed by atoms with E-state index in [-0.39, 0.29) is 5.91 Å². The molecule has 0 aliphatic heterocycles. The van der Waals surface area contributed by atoms with Crippen molar-refractivity contribution in [2.75, 3.05) is 24.9 Å². The molecule has 1 aromatic heterocycles. The molecular formula is C24H19N5O3. The van der Waals surface area contributed by atoms with E-state index >= 15 is 0 Å². The molecule has 0 aliphatic rings. The number of methoxy groups -OCH3 is 2. The fourth-order valence-electron chi connectivity index (χ4n) is 3.19. The van der Waals surface area contributed by atoms with Crippen LogP contribution in [0.2, 0.25) is 0 Å². The normalized spacial score (nSPS) is 10.3. The molecule has 158 valence electrons. The molecule has 32 heavy (non-hydrogen) atoms. The van der Waals surface area contributed by atoms with Gasteiger partial charge in [-0.05, 0) is 48.5 Å². The maximum absolute atomic E-state index is 12.4. The highest BCUT2D eigenvalue weighted by Gasteiger charge is 2.11. The van der Waals surface area contributed by atoms with E-state index in [9.17, 15) is 4.79 Å². The largest absolute Gasteiger partial charge is 0.493 e. The zero-order valence-corrected chi connectivity index (χ0v) is 17.4. The van der Waals surface area contributed by atoms with E-state index in [2.05, 4.69) is 20.6 Å². The number of aromatic nitrogens is 2. The van der Waals surface area contributed by atoms with Gasteiger partial charge in [0, 0.05) is 28.4 Å². The van der Waals surface area contributed by atoms with Crippen molar-refractivity contribution >= 4 is 34.0 Å². The Labute approximate surface area is 184 Å². The smallest absolute Gasteiger partial charge is 0.255 e. The third-order valence-electron chi connectivity index (χ3n) is 4.80. The molecule has 0 unspecified atom stereocenters. The molecule has 3 aromatic carbocycles. The molecule has 0 radical (unpaired) electrons. The van der Waals surface area contributed by atoms with Crippen molar-refractivity contribution in [1.82, 2.24) is 9.97 Å². The Morgan fingerprint density at radius 1 is 0.938 bits per heavy atom. The van der Waals surface area contributed by atoms with Crippen LogP contribution < -0.4 is 20.1 Å². The summed E-state index contributed by atoms with van der Waals surface area (Å²) in [4.78, 5) is 21.1. The van der Waals surface area contributed by atoms with Crippen LogP contribution in [0.5, 0.6) is 11.5 Å². The first-order chi connectivity index (χ1) is 15.6. The van der Waals surface area contributed by atoms with E-state index < -0.39 is 0 Å². The first-order valence-corrected chi connectivity index (χ1v) is 9.66. The Balaban J connectivity index is 1.53. The average Bonchev–Trinajstić information content (AvgIpc) is 2.84. The summed E-state index contributed by atoms with van der Waals surface area (Å²) in [5.41, 5.74) is 2.97. The molecule has 0 fully saturated rings. The molecule has 0 saturated carbocycles. The van der Waals surface area contributed by atoms with E-state index in [1.807, 2.05) is 24.3 Å². The minimum atomic E-state index is -0.286. The highest BCUT2D eigenvalue weighted by molar-refractivity contribution is 6.04. The van der Waals surface area contributed by atoms with Crippen molar-refractivity contribution in [3.8, 4) is 17.6 Å². The fourth-order valence-corrected chi connectivity index (χ4v) is 3.19. The standard InChI is InChI=1S/C24H19N5O3/c1-31-21-11-19-20(12-22(21)32-2)26-14-27-23(19)28-17-6-8-18(9-7-17)29-24(30)16-5-3-4-15(10-16)13-25/h3-12,14H,1-2H3,(H,29,30)(H,26,27,28). The number of amides is 1. The third-order valence-corrected chi connectivity index (χ3v) is 4.80. The highest BCUT2D eigenvalue weighted by atomic mass is 16.5. The Hall–Kier alpha value is -4.64. The van der Waals surface area contributed by atoms with Crippen LogP contribution in [0.1, 0.15) is 15.9 Å². The lowest BCUT2D eigenvalue weighted by Crippen LogP contribution is -2.11. The minimum Gasteiger partial charge on any atom is -0.493 e. The number of hydrogen-bond acceptors (Lipinski definition) is 7. The van der Waals surface area contributed by atoms with Crippen molar-refractivity contribution in [2.24, 2.45) is 0 Å². The van der Waals surface area contributed by atoms with Crippen molar-refractivity contribution in [3.63, 3.8) is 0 Å². The van der Waals surface area contributed by atoms with Crippen LogP contribution >= 0.6 is 0 Å². The topological polar surface area (TPSA) is 109 Å². The molecular weight excluding hydrogens is 406 g/mol. The van der Waals surface area contributed by atoms with E-state index in [0.29, 0.717) is 39.6 Å². The number of nitrogens with one attached hydrogen (secondary N) is 2. The molecule has 0 saturated heterocycles. The summed E-state index contributed by atoms with van der Waals surface area (Å²) in [6.07, 6.45) is 1.47. The lowest BCUT2D eigenvalue weighted by Gasteiger charge is -2.12. The maximum atomic E-state index is 12.4. The van der Waals surface area contributed by atoms with Gasteiger partial charge in [0.25, 0.3) is 5.91 Å². The van der Waals surface area contributed by atoms with Gasteiger partial charge in [0.1, 0.15) is 12.1 Å². The van der Waals surface area contributed by atoms with E-state index in [0.717, 1.165) is 11.1 Å². The molecule has 4 aromatic rings. The van der Waals surface area contributed by atoms with Gasteiger partial charge < -0.3 is 20.1 Å². The number of ether oxygens (including phenoxy) is 2. The van der Waals surface area contributed by atoms with Crippen molar-refractivity contribution < 1.29 is 14.3 Å².